The van der Waals surface area contributed by atoms with Gasteiger partial charge in [-0.15, -0.1) is 0 Å². The van der Waals surface area contributed by atoms with Crippen LogP contribution in [0.25, 0.3) is 0 Å². The highest BCUT2D eigenvalue weighted by molar-refractivity contribution is 5.80. The second-order valence-electron chi connectivity index (χ2n) is 5.41. The Labute approximate surface area is 93.6 Å². The number of nitrogens with one attached hydrogen (secondary N) is 1. The number of carbonyl (C=O) groups is 1. The van der Waals surface area contributed by atoms with E-state index in [4.69, 9.17) is 4.74 Å². The van der Waals surface area contributed by atoms with Gasteiger partial charge in [0.25, 0.3) is 0 Å². The first-order chi connectivity index (χ1) is 6.75. The maximum Gasteiger partial charge on any atom is 0.325 e. The van der Waals surface area contributed by atoms with Gasteiger partial charge in [0.15, 0.2) is 0 Å². The van der Waals surface area contributed by atoms with Crippen molar-refractivity contribution in [3.63, 3.8) is 0 Å². The number of rotatable bonds is 5. The first-order valence-electron chi connectivity index (χ1n) is 5.58. The van der Waals surface area contributed by atoms with E-state index in [0.29, 0.717) is 0 Å². The van der Waals surface area contributed by atoms with Crippen molar-refractivity contribution < 1.29 is 9.53 Å². The molecule has 0 rings (SSSR count). The molecule has 90 valence electrons. The van der Waals surface area contributed by atoms with E-state index in [2.05, 4.69) is 26.1 Å². The molecule has 0 bridgehead atoms. The number of methoxy groups -OCH3 is 1. The van der Waals surface area contributed by atoms with Crippen LogP contribution in [-0.2, 0) is 9.53 Å². The zero-order chi connectivity index (χ0) is 12.1. The Morgan fingerprint density at radius 1 is 1.27 bits per heavy atom. The van der Waals surface area contributed by atoms with Crippen LogP contribution in [0.4, 0.5) is 0 Å². The number of hydrogen-bond acceptors (Lipinski definition) is 3. The van der Waals surface area contributed by atoms with Crippen LogP contribution < -0.4 is 5.32 Å². The fourth-order valence-electron chi connectivity index (χ4n) is 1.28. The van der Waals surface area contributed by atoms with Gasteiger partial charge in [0, 0.05) is 0 Å². The Morgan fingerprint density at radius 3 is 2.13 bits per heavy atom. The summed E-state index contributed by atoms with van der Waals surface area (Å²) in [7, 11) is 1.43. The normalized spacial score (nSPS) is 15.9. The first-order valence-corrected chi connectivity index (χ1v) is 5.58. The van der Waals surface area contributed by atoms with E-state index in [-0.39, 0.29) is 11.4 Å². The van der Waals surface area contributed by atoms with Crippen LogP contribution >= 0.6 is 0 Å². The monoisotopic (exact) mass is 215 g/mol. The molecule has 0 radical (unpaired) electrons. The average molecular weight is 215 g/mol. The van der Waals surface area contributed by atoms with E-state index in [9.17, 15) is 4.79 Å². The van der Waals surface area contributed by atoms with Gasteiger partial charge in [0.05, 0.1) is 7.11 Å². The highest BCUT2D eigenvalue weighted by atomic mass is 16.5. The second kappa shape index (κ2) is 5.50. The standard InChI is InChI=1S/C12H25NO2/c1-7-12(5,10(14)15-6)13-9-8-11(2,3)4/h13H,7-9H2,1-6H3. The molecule has 0 fully saturated rings. The highest BCUT2D eigenvalue weighted by Gasteiger charge is 2.31. The van der Waals surface area contributed by atoms with Crippen molar-refractivity contribution in [1.82, 2.24) is 5.32 Å². The molecule has 0 aromatic carbocycles. The summed E-state index contributed by atoms with van der Waals surface area (Å²) in [6.45, 7) is 11.3. The van der Waals surface area contributed by atoms with Crippen LogP contribution in [-0.4, -0.2) is 25.2 Å². The van der Waals surface area contributed by atoms with E-state index in [0.717, 1.165) is 19.4 Å². The van der Waals surface area contributed by atoms with Crippen molar-refractivity contribution in [3.8, 4) is 0 Å². The molecule has 0 aliphatic rings. The summed E-state index contributed by atoms with van der Waals surface area (Å²) in [5.74, 6) is -0.182. The van der Waals surface area contributed by atoms with Gasteiger partial charge in [-0.1, -0.05) is 27.7 Å². The summed E-state index contributed by atoms with van der Waals surface area (Å²) in [4.78, 5) is 11.5. The van der Waals surface area contributed by atoms with Gasteiger partial charge < -0.3 is 10.1 Å². The molecule has 0 spiro atoms. The van der Waals surface area contributed by atoms with Gasteiger partial charge in [-0.25, -0.2) is 0 Å². The minimum absolute atomic E-state index is 0.182. The van der Waals surface area contributed by atoms with Crippen molar-refractivity contribution in [2.24, 2.45) is 5.41 Å². The predicted molar refractivity (Wildman–Crippen MR) is 62.8 cm³/mol. The summed E-state index contributed by atoms with van der Waals surface area (Å²) in [5.41, 5.74) is -0.252. The number of ether oxygens (including phenoxy) is 1. The molecule has 0 aliphatic carbocycles. The second-order valence-corrected chi connectivity index (χ2v) is 5.41. The molecule has 3 nitrogen and oxygen atoms in total. The Bertz CT molecular complexity index is 208. The zero-order valence-corrected chi connectivity index (χ0v) is 10.9. The minimum atomic E-state index is -0.542. The molecule has 0 aromatic rings. The lowest BCUT2D eigenvalue weighted by Crippen LogP contribution is -2.50. The van der Waals surface area contributed by atoms with Crippen LogP contribution in [0.5, 0.6) is 0 Å². The number of esters is 1. The summed E-state index contributed by atoms with van der Waals surface area (Å²) < 4.78 is 4.79. The molecule has 3 heteroatoms. The summed E-state index contributed by atoms with van der Waals surface area (Å²) >= 11 is 0. The van der Waals surface area contributed by atoms with E-state index in [1.54, 1.807) is 0 Å². The predicted octanol–water partition coefficient (Wildman–Crippen LogP) is 2.35. The Balaban J connectivity index is 4.16. The highest BCUT2D eigenvalue weighted by Crippen LogP contribution is 2.19. The summed E-state index contributed by atoms with van der Waals surface area (Å²) in [6, 6.07) is 0. The molecule has 1 unspecified atom stereocenters. The third kappa shape index (κ3) is 5.17. The number of carbonyl (C=O) groups excluding carboxylic acids is 1. The molecule has 0 amide bonds. The lowest BCUT2D eigenvalue weighted by Gasteiger charge is -2.28. The van der Waals surface area contributed by atoms with Crippen molar-refractivity contribution in [3.05, 3.63) is 0 Å². The van der Waals surface area contributed by atoms with Crippen LogP contribution in [0.3, 0.4) is 0 Å². The van der Waals surface area contributed by atoms with Gasteiger partial charge in [-0.2, -0.15) is 0 Å². The van der Waals surface area contributed by atoms with Gasteiger partial charge in [-0.05, 0) is 31.7 Å². The zero-order valence-electron chi connectivity index (χ0n) is 10.9. The van der Waals surface area contributed by atoms with Crippen molar-refractivity contribution in [2.45, 2.75) is 53.0 Å². The van der Waals surface area contributed by atoms with Crippen molar-refractivity contribution in [2.75, 3.05) is 13.7 Å². The third-order valence-corrected chi connectivity index (χ3v) is 2.73. The Kier molecular flexibility index (Phi) is 5.29. The fourth-order valence-corrected chi connectivity index (χ4v) is 1.28. The van der Waals surface area contributed by atoms with Gasteiger partial charge in [0.1, 0.15) is 5.54 Å². The smallest absolute Gasteiger partial charge is 0.325 e. The molecule has 1 atom stereocenters. The SMILES string of the molecule is CCC(C)(NCCC(C)(C)C)C(=O)OC. The summed E-state index contributed by atoms with van der Waals surface area (Å²) in [6.07, 6.45) is 1.78. The lowest BCUT2D eigenvalue weighted by atomic mass is 9.91. The molecule has 15 heavy (non-hydrogen) atoms. The lowest BCUT2D eigenvalue weighted by molar-refractivity contribution is -0.148. The van der Waals surface area contributed by atoms with Crippen molar-refractivity contribution >= 4 is 5.97 Å². The topological polar surface area (TPSA) is 38.3 Å². The van der Waals surface area contributed by atoms with Crippen molar-refractivity contribution in [1.29, 1.82) is 0 Å². The molecule has 0 saturated carbocycles. The van der Waals surface area contributed by atoms with Gasteiger partial charge in [0.2, 0.25) is 0 Å². The Hall–Kier alpha value is -0.570. The van der Waals surface area contributed by atoms with Gasteiger partial charge >= 0.3 is 5.97 Å². The minimum Gasteiger partial charge on any atom is -0.468 e. The summed E-state index contributed by atoms with van der Waals surface area (Å²) in [5, 5.41) is 3.28. The maximum atomic E-state index is 11.5. The van der Waals surface area contributed by atoms with E-state index >= 15 is 0 Å². The quantitative estimate of drug-likeness (QED) is 0.715. The fraction of sp³-hybridized carbons (Fsp3) is 0.917. The largest absolute Gasteiger partial charge is 0.468 e. The average Bonchev–Trinajstić information content (AvgIpc) is 2.14. The van der Waals surface area contributed by atoms with E-state index < -0.39 is 5.54 Å². The molecule has 0 saturated heterocycles. The Morgan fingerprint density at radius 2 is 1.80 bits per heavy atom. The first kappa shape index (κ1) is 14.4. The van der Waals surface area contributed by atoms with Crippen LogP contribution in [0.1, 0.15) is 47.5 Å². The third-order valence-electron chi connectivity index (χ3n) is 2.73. The molecular weight excluding hydrogens is 190 g/mol. The molecule has 0 aliphatic heterocycles. The van der Waals surface area contributed by atoms with E-state index in [1.807, 2.05) is 13.8 Å². The van der Waals surface area contributed by atoms with Crippen LogP contribution in [0.2, 0.25) is 0 Å². The molecule has 1 N–H and O–H groups in total. The maximum absolute atomic E-state index is 11.5. The van der Waals surface area contributed by atoms with Gasteiger partial charge in [-0.3, -0.25) is 4.79 Å². The van der Waals surface area contributed by atoms with E-state index in [1.165, 1.54) is 7.11 Å². The van der Waals surface area contributed by atoms with Crippen LogP contribution in [0.15, 0.2) is 0 Å². The number of hydrogen-bond donors (Lipinski definition) is 1. The molecular formula is C12H25NO2. The van der Waals surface area contributed by atoms with Crippen LogP contribution in [0, 0.1) is 5.41 Å². The molecule has 0 aromatic heterocycles. The molecule has 0 heterocycles.